The molecule has 1 heterocycles. The van der Waals surface area contributed by atoms with Gasteiger partial charge >= 0.3 is 0 Å². The van der Waals surface area contributed by atoms with Crippen molar-refractivity contribution in [2.24, 2.45) is 0 Å². The highest BCUT2D eigenvalue weighted by atomic mass is 79.9. The molecule has 0 unspecified atom stereocenters. The zero-order chi connectivity index (χ0) is 6.27. The Bertz CT molecular complexity index is 278. The lowest BCUT2D eigenvalue weighted by molar-refractivity contribution is 1.22. The standard InChI is InChI=1S/C7H4BrN/c8-7-4-2-5-1-3-6(5)9-7/h1-4H. The molecule has 2 rings (SSSR count). The lowest BCUT2D eigenvalue weighted by atomic mass is 10.1. The summed E-state index contributed by atoms with van der Waals surface area (Å²) in [6.45, 7) is 0. The Morgan fingerprint density at radius 1 is 1.22 bits per heavy atom. The highest BCUT2D eigenvalue weighted by Gasteiger charge is 2.04. The summed E-state index contributed by atoms with van der Waals surface area (Å²) in [6.07, 6.45) is 4.05. The van der Waals surface area contributed by atoms with Crippen molar-refractivity contribution in [2.75, 3.05) is 0 Å². The molecule has 9 heavy (non-hydrogen) atoms. The zero-order valence-electron chi connectivity index (χ0n) is 4.63. The molecule has 0 amide bonds. The van der Waals surface area contributed by atoms with Crippen LogP contribution in [0, 0.1) is 0 Å². The van der Waals surface area contributed by atoms with E-state index in [-0.39, 0.29) is 0 Å². The van der Waals surface area contributed by atoms with E-state index in [1.54, 1.807) is 0 Å². The molecule has 0 aromatic carbocycles. The normalized spacial score (nSPS) is 12.6. The van der Waals surface area contributed by atoms with E-state index in [1.165, 1.54) is 5.56 Å². The first-order chi connectivity index (χ1) is 4.36. The Labute approximate surface area is 61.6 Å². The van der Waals surface area contributed by atoms with E-state index in [4.69, 9.17) is 0 Å². The third-order valence-electron chi connectivity index (χ3n) is 1.34. The summed E-state index contributed by atoms with van der Waals surface area (Å²) >= 11 is 3.29. The Hall–Kier alpha value is -0.630. The van der Waals surface area contributed by atoms with Gasteiger partial charge < -0.3 is 0 Å². The van der Waals surface area contributed by atoms with Crippen molar-refractivity contribution in [3.05, 3.63) is 28.0 Å². The molecule has 0 spiro atoms. The van der Waals surface area contributed by atoms with Crippen LogP contribution in [0.4, 0.5) is 0 Å². The fraction of sp³-hybridized carbons (Fsp3) is 0. The van der Waals surface area contributed by atoms with Crippen molar-refractivity contribution >= 4 is 28.1 Å². The van der Waals surface area contributed by atoms with Gasteiger partial charge in [0.1, 0.15) is 4.60 Å². The molecule has 44 valence electrons. The van der Waals surface area contributed by atoms with Gasteiger partial charge in [-0.3, -0.25) is 0 Å². The van der Waals surface area contributed by atoms with Crippen LogP contribution in [-0.4, -0.2) is 4.98 Å². The summed E-state index contributed by atoms with van der Waals surface area (Å²) in [5.41, 5.74) is 2.32. The van der Waals surface area contributed by atoms with Crippen molar-refractivity contribution in [1.82, 2.24) is 4.98 Å². The minimum absolute atomic E-state index is 0.908. The van der Waals surface area contributed by atoms with Crippen molar-refractivity contribution in [3.63, 3.8) is 0 Å². The predicted molar refractivity (Wildman–Crippen MR) is 40.9 cm³/mol. The Kier molecular flexibility index (Phi) is 0.963. The lowest BCUT2D eigenvalue weighted by Crippen LogP contribution is -1.92. The summed E-state index contributed by atoms with van der Waals surface area (Å²) in [7, 11) is 0. The topological polar surface area (TPSA) is 12.9 Å². The van der Waals surface area contributed by atoms with Crippen molar-refractivity contribution in [3.8, 4) is 0 Å². The quantitative estimate of drug-likeness (QED) is 0.569. The van der Waals surface area contributed by atoms with E-state index in [0.717, 1.165) is 10.3 Å². The summed E-state index contributed by atoms with van der Waals surface area (Å²) < 4.78 is 0.908. The number of rotatable bonds is 0. The van der Waals surface area contributed by atoms with E-state index in [2.05, 4.69) is 27.0 Å². The molecule has 0 radical (unpaired) electrons. The third kappa shape index (κ3) is 0.704. The second-order valence-corrected chi connectivity index (χ2v) is 2.75. The van der Waals surface area contributed by atoms with Crippen LogP contribution in [-0.2, 0) is 0 Å². The van der Waals surface area contributed by atoms with Gasteiger partial charge in [0.15, 0.2) is 0 Å². The highest BCUT2D eigenvalue weighted by molar-refractivity contribution is 9.10. The second kappa shape index (κ2) is 1.67. The molecule has 0 saturated carbocycles. The van der Waals surface area contributed by atoms with Gasteiger partial charge in [-0.25, -0.2) is 4.98 Å². The number of hydrogen-bond donors (Lipinski definition) is 0. The van der Waals surface area contributed by atoms with Crippen molar-refractivity contribution < 1.29 is 0 Å². The zero-order valence-corrected chi connectivity index (χ0v) is 6.22. The third-order valence-corrected chi connectivity index (χ3v) is 1.79. The highest BCUT2D eigenvalue weighted by Crippen LogP contribution is 2.22. The van der Waals surface area contributed by atoms with Crippen LogP contribution in [0.5, 0.6) is 0 Å². The van der Waals surface area contributed by atoms with Crippen molar-refractivity contribution in [1.29, 1.82) is 0 Å². The molecule has 2 heteroatoms. The molecule has 0 aliphatic heterocycles. The van der Waals surface area contributed by atoms with Crippen LogP contribution < -0.4 is 0 Å². The van der Waals surface area contributed by atoms with Crippen LogP contribution in [0.2, 0.25) is 0 Å². The molecule has 0 bridgehead atoms. The lowest BCUT2D eigenvalue weighted by Gasteiger charge is -2.07. The Morgan fingerprint density at radius 3 is 2.56 bits per heavy atom. The van der Waals surface area contributed by atoms with E-state index in [0.29, 0.717) is 0 Å². The van der Waals surface area contributed by atoms with E-state index < -0.39 is 0 Å². The van der Waals surface area contributed by atoms with Gasteiger partial charge in [0.2, 0.25) is 0 Å². The smallest absolute Gasteiger partial charge is 0.106 e. The summed E-state index contributed by atoms with van der Waals surface area (Å²) in [5.74, 6) is 0. The molecule has 0 fully saturated rings. The fourth-order valence-electron chi connectivity index (χ4n) is 0.808. The number of pyridine rings is 1. The molecule has 1 aromatic rings. The van der Waals surface area contributed by atoms with Crippen LogP contribution in [0.1, 0.15) is 11.3 Å². The number of nitrogens with zero attached hydrogens (tertiary/aromatic N) is 1. The molecule has 0 N–H and O–H groups in total. The van der Waals surface area contributed by atoms with Gasteiger partial charge in [0.25, 0.3) is 0 Å². The number of aromatic nitrogens is 1. The van der Waals surface area contributed by atoms with Gasteiger partial charge in [-0.1, -0.05) is 12.1 Å². The average molecular weight is 182 g/mol. The minimum atomic E-state index is 0.908. The predicted octanol–water partition coefficient (Wildman–Crippen LogP) is 2.33. The fourth-order valence-corrected chi connectivity index (χ4v) is 1.13. The summed E-state index contributed by atoms with van der Waals surface area (Å²) in [4.78, 5) is 4.19. The van der Waals surface area contributed by atoms with Gasteiger partial charge in [-0.15, -0.1) is 0 Å². The molecule has 1 aromatic heterocycles. The van der Waals surface area contributed by atoms with E-state index >= 15 is 0 Å². The molecular weight excluding hydrogens is 178 g/mol. The monoisotopic (exact) mass is 181 g/mol. The average Bonchev–Trinajstić information content (AvgIpc) is 1.78. The number of hydrogen-bond acceptors (Lipinski definition) is 1. The maximum absolute atomic E-state index is 4.19. The SMILES string of the molecule is Brc1ccc2c(n1)C=C2. The molecule has 1 nitrogen and oxygen atoms in total. The number of fused-ring (bicyclic) bond motifs is 1. The van der Waals surface area contributed by atoms with Crippen LogP contribution in [0.3, 0.4) is 0 Å². The van der Waals surface area contributed by atoms with Gasteiger partial charge in [-0.05, 0) is 28.1 Å². The number of halogens is 1. The van der Waals surface area contributed by atoms with Crippen LogP contribution in [0.15, 0.2) is 16.7 Å². The largest absolute Gasteiger partial charge is 0.241 e. The van der Waals surface area contributed by atoms with Gasteiger partial charge in [0.05, 0.1) is 5.69 Å². The molecule has 1 aliphatic carbocycles. The summed E-state index contributed by atoms with van der Waals surface area (Å²) in [6, 6.07) is 3.99. The molecular formula is C7H4BrN. The van der Waals surface area contributed by atoms with E-state index in [1.807, 2.05) is 18.2 Å². The first kappa shape index (κ1) is 5.18. The van der Waals surface area contributed by atoms with Crippen LogP contribution in [0.25, 0.3) is 12.2 Å². The maximum atomic E-state index is 4.19. The van der Waals surface area contributed by atoms with Gasteiger partial charge in [0, 0.05) is 5.56 Å². The minimum Gasteiger partial charge on any atom is -0.241 e. The first-order valence-electron chi connectivity index (χ1n) is 2.71. The maximum Gasteiger partial charge on any atom is 0.106 e. The Morgan fingerprint density at radius 2 is 2.11 bits per heavy atom. The van der Waals surface area contributed by atoms with Crippen LogP contribution >= 0.6 is 15.9 Å². The van der Waals surface area contributed by atoms with Gasteiger partial charge in [-0.2, -0.15) is 0 Å². The van der Waals surface area contributed by atoms with Crippen molar-refractivity contribution in [2.45, 2.75) is 0 Å². The molecule has 1 aliphatic rings. The molecule has 0 saturated heterocycles. The second-order valence-electron chi connectivity index (χ2n) is 1.94. The van der Waals surface area contributed by atoms with E-state index in [9.17, 15) is 0 Å². The Balaban J connectivity index is 2.63. The molecule has 0 atom stereocenters. The first-order valence-corrected chi connectivity index (χ1v) is 3.50. The summed E-state index contributed by atoms with van der Waals surface area (Å²) in [5, 5.41) is 0.